The fourth-order valence-corrected chi connectivity index (χ4v) is 5.35. The van der Waals surface area contributed by atoms with Crippen molar-refractivity contribution in [2.24, 2.45) is 0 Å². The van der Waals surface area contributed by atoms with Crippen LogP contribution in [0.2, 0.25) is 0 Å². The summed E-state index contributed by atoms with van der Waals surface area (Å²) in [7, 11) is -4.15. The Kier molecular flexibility index (Phi) is 6.77. The quantitative estimate of drug-likeness (QED) is 0.304. The van der Waals surface area contributed by atoms with Gasteiger partial charge in [-0.15, -0.1) is 6.58 Å². The molecule has 0 aliphatic heterocycles. The van der Waals surface area contributed by atoms with Crippen LogP contribution in [0.5, 0.6) is 0 Å². The van der Waals surface area contributed by atoms with Crippen LogP contribution in [-0.4, -0.2) is 14.3 Å². The van der Waals surface area contributed by atoms with E-state index in [4.69, 9.17) is 0 Å². The standard InChI is InChI=1S/C24H22INO3S/c1-4-8-19-10-7-9-18(3)23(19)26(24(27)21-11-5-6-12-22(21)25)30(28,29)20-15-13-17(2)14-16-20/h4-7,9-16H,1,8H2,2-3H3. The van der Waals surface area contributed by atoms with E-state index in [1.54, 1.807) is 36.4 Å². The van der Waals surface area contributed by atoms with E-state index in [0.29, 0.717) is 26.8 Å². The number of sulfonamides is 1. The van der Waals surface area contributed by atoms with Gasteiger partial charge in [0.05, 0.1) is 16.1 Å². The van der Waals surface area contributed by atoms with E-state index in [9.17, 15) is 13.2 Å². The average Bonchev–Trinajstić information content (AvgIpc) is 2.71. The van der Waals surface area contributed by atoms with E-state index in [2.05, 4.69) is 29.2 Å². The SMILES string of the molecule is C=CCc1cccc(C)c1N(C(=O)c1ccccc1I)S(=O)(=O)c1ccc(C)cc1. The number of para-hydroxylation sites is 1. The van der Waals surface area contributed by atoms with Gasteiger partial charge in [-0.1, -0.05) is 54.1 Å². The van der Waals surface area contributed by atoms with Gasteiger partial charge in [0.15, 0.2) is 0 Å². The Labute approximate surface area is 191 Å². The predicted octanol–water partition coefficient (Wildman–Crippen LogP) is 5.67. The number of carbonyl (C=O) groups is 1. The molecule has 0 saturated carbocycles. The van der Waals surface area contributed by atoms with Crippen LogP contribution in [0.15, 0.2) is 84.3 Å². The van der Waals surface area contributed by atoms with Crippen molar-refractivity contribution in [2.75, 3.05) is 4.31 Å². The second-order valence-corrected chi connectivity index (χ2v) is 9.89. The fraction of sp³-hybridized carbons (Fsp3) is 0.125. The number of amides is 1. The van der Waals surface area contributed by atoms with E-state index in [-0.39, 0.29) is 4.90 Å². The second kappa shape index (κ2) is 9.14. The maximum Gasteiger partial charge on any atom is 0.273 e. The van der Waals surface area contributed by atoms with Crippen molar-refractivity contribution in [1.29, 1.82) is 0 Å². The third-order valence-electron chi connectivity index (χ3n) is 4.74. The Morgan fingerprint density at radius 1 is 1.00 bits per heavy atom. The van der Waals surface area contributed by atoms with Crippen molar-refractivity contribution in [3.63, 3.8) is 0 Å². The van der Waals surface area contributed by atoms with Crippen LogP contribution in [0, 0.1) is 17.4 Å². The van der Waals surface area contributed by atoms with Gasteiger partial charge in [-0.25, -0.2) is 8.42 Å². The zero-order valence-electron chi connectivity index (χ0n) is 16.8. The minimum atomic E-state index is -4.15. The number of anilines is 1. The molecule has 0 bridgehead atoms. The lowest BCUT2D eigenvalue weighted by molar-refractivity contribution is 0.100. The van der Waals surface area contributed by atoms with Gasteiger partial charge < -0.3 is 0 Å². The molecule has 30 heavy (non-hydrogen) atoms. The Balaban J connectivity index is 2.31. The molecule has 6 heteroatoms. The zero-order chi connectivity index (χ0) is 21.9. The lowest BCUT2D eigenvalue weighted by atomic mass is 10.0. The predicted molar refractivity (Wildman–Crippen MR) is 129 cm³/mol. The fourth-order valence-electron chi connectivity index (χ4n) is 3.22. The summed E-state index contributed by atoms with van der Waals surface area (Å²) in [5.74, 6) is -0.583. The number of rotatable bonds is 6. The summed E-state index contributed by atoms with van der Waals surface area (Å²) in [5, 5.41) is 0. The molecule has 0 N–H and O–H groups in total. The molecule has 0 unspecified atom stereocenters. The van der Waals surface area contributed by atoms with Crippen molar-refractivity contribution >= 4 is 44.2 Å². The number of carbonyl (C=O) groups excluding carboxylic acids is 1. The molecule has 0 heterocycles. The lowest BCUT2D eigenvalue weighted by Gasteiger charge is -2.27. The van der Waals surface area contributed by atoms with Crippen molar-refractivity contribution in [2.45, 2.75) is 25.2 Å². The number of aryl methyl sites for hydroxylation is 2. The van der Waals surface area contributed by atoms with Gasteiger partial charge in [0.2, 0.25) is 0 Å². The zero-order valence-corrected chi connectivity index (χ0v) is 19.8. The van der Waals surface area contributed by atoms with Crippen molar-refractivity contribution in [3.8, 4) is 0 Å². The molecule has 0 atom stereocenters. The third-order valence-corrected chi connectivity index (χ3v) is 7.37. The molecule has 1 amide bonds. The maximum absolute atomic E-state index is 13.8. The number of allylic oxidation sites excluding steroid dienone is 1. The van der Waals surface area contributed by atoms with Crippen LogP contribution in [0.4, 0.5) is 5.69 Å². The van der Waals surface area contributed by atoms with Crippen LogP contribution in [0.3, 0.4) is 0 Å². The van der Waals surface area contributed by atoms with E-state index in [1.165, 1.54) is 12.1 Å². The first-order valence-electron chi connectivity index (χ1n) is 9.37. The molecule has 3 rings (SSSR count). The summed E-state index contributed by atoms with van der Waals surface area (Å²) in [6, 6.07) is 19.0. The first-order chi connectivity index (χ1) is 14.3. The minimum Gasteiger partial charge on any atom is -0.268 e. The van der Waals surface area contributed by atoms with Gasteiger partial charge in [0.1, 0.15) is 0 Å². The van der Waals surface area contributed by atoms with Crippen LogP contribution >= 0.6 is 22.6 Å². The van der Waals surface area contributed by atoms with E-state index >= 15 is 0 Å². The van der Waals surface area contributed by atoms with Crippen LogP contribution in [0.1, 0.15) is 27.0 Å². The molecular weight excluding hydrogens is 509 g/mol. The Hall–Kier alpha value is -2.45. The summed E-state index contributed by atoms with van der Waals surface area (Å²) in [4.78, 5) is 13.7. The highest BCUT2D eigenvalue weighted by molar-refractivity contribution is 14.1. The average molecular weight is 531 g/mol. The normalized spacial score (nSPS) is 11.2. The van der Waals surface area contributed by atoms with Crippen LogP contribution < -0.4 is 4.31 Å². The molecule has 154 valence electrons. The van der Waals surface area contributed by atoms with Gasteiger partial charge in [0, 0.05) is 3.57 Å². The Bertz CT molecular complexity index is 1200. The molecular formula is C24H22INO3S. The first kappa shape index (κ1) is 22.2. The molecule has 3 aromatic rings. The van der Waals surface area contributed by atoms with E-state index in [1.807, 2.05) is 38.1 Å². The highest BCUT2D eigenvalue weighted by Gasteiger charge is 2.34. The molecule has 0 aliphatic carbocycles. The molecule has 3 aromatic carbocycles. The minimum absolute atomic E-state index is 0.0696. The Morgan fingerprint density at radius 3 is 2.30 bits per heavy atom. The summed E-state index contributed by atoms with van der Waals surface area (Å²) in [5.41, 5.74) is 3.07. The molecule has 4 nitrogen and oxygen atoms in total. The van der Waals surface area contributed by atoms with E-state index in [0.717, 1.165) is 15.4 Å². The molecule has 0 radical (unpaired) electrons. The van der Waals surface area contributed by atoms with E-state index < -0.39 is 15.9 Å². The molecule has 0 spiro atoms. The molecule has 0 saturated heterocycles. The van der Waals surface area contributed by atoms with Crippen LogP contribution in [-0.2, 0) is 16.4 Å². The van der Waals surface area contributed by atoms with Crippen molar-refractivity contribution in [1.82, 2.24) is 0 Å². The third kappa shape index (κ3) is 4.34. The number of hydrogen-bond donors (Lipinski definition) is 0. The van der Waals surface area contributed by atoms with Crippen LogP contribution in [0.25, 0.3) is 0 Å². The molecule has 0 fully saturated rings. The molecule has 0 aliphatic rings. The number of nitrogens with zero attached hydrogens (tertiary/aromatic N) is 1. The monoisotopic (exact) mass is 531 g/mol. The van der Waals surface area contributed by atoms with Gasteiger partial charge in [-0.3, -0.25) is 4.79 Å². The van der Waals surface area contributed by atoms with Crippen molar-refractivity contribution in [3.05, 3.63) is 105 Å². The smallest absolute Gasteiger partial charge is 0.268 e. The largest absolute Gasteiger partial charge is 0.273 e. The number of benzene rings is 3. The summed E-state index contributed by atoms with van der Waals surface area (Å²) < 4.78 is 29.1. The highest BCUT2D eigenvalue weighted by atomic mass is 127. The maximum atomic E-state index is 13.8. The summed E-state index contributed by atoms with van der Waals surface area (Å²) in [6.07, 6.45) is 2.14. The topological polar surface area (TPSA) is 54.5 Å². The first-order valence-corrected chi connectivity index (χ1v) is 11.9. The van der Waals surface area contributed by atoms with Gasteiger partial charge in [0.25, 0.3) is 15.9 Å². The summed E-state index contributed by atoms with van der Waals surface area (Å²) in [6.45, 7) is 7.47. The highest BCUT2D eigenvalue weighted by Crippen LogP contribution is 2.33. The van der Waals surface area contributed by atoms with Gasteiger partial charge in [-0.05, 0) is 78.3 Å². The van der Waals surface area contributed by atoms with Gasteiger partial charge in [-0.2, -0.15) is 4.31 Å². The Morgan fingerprint density at radius 2 is 1.67 bits per heavy atom. The molecule has 0 aromatic heterocycles. The van der Waals surface area contributed by atoms with Gasteiger partial charge >= 0.3 is 0 Å². The summed E-state index contributed by atoms with van der Waals surface area (Å²) >= 11 is 2.05. The second-order valence-electron chi connectivity index (χ2n) is 6.94. The van der Waals surface area contributed by atoms with Crippen molar-refractivity contribution < 1.29 is 13.2 Å². The number of hydrogen-bond acceptors (Lipinski definition) is 3. The lowest BCUT2D eigenvalue weighted by Crippen LogP contribution is -2.38. The number of halogens is 1.